The van der Waals surface area contributed by atoms with Crippen LogP contribution in [0.1, 0.15) is 18.2 Å². The van der Waals surface area contributed by atoms with Crippen molar-refractivity contribution in [2.45, 2.75) is 35.5 Å². The van der Waals surface area contributed by atoms with Crippen molar-refractivity contribution in [2.24, 2.45) is 7.05 Å². The van der Waals surface area contributed by atoms with Gasteiger partial charge in [0.25, 0.3) is 10.0 Å². The van der Waals surface area contributed by atoms with Gasteiger partial charge in [-0.3, -0.25) is 4.90 Å². The van der Waals surface area contributed by atoms with Crippen molar-refractivity contribution >= 4 is 27.0 Å². The number of aliphatic hydroxyl groups is 1. The molecule has 0 bridgehead atoms. The molecule has 0 aliphatic carbocycles. The molecule has 0 amide bonds. The zero-order chi connectivity index (χ0) is 27.0. The van der Waals surface area contributed by atoms with Gasteiger partial charge in [0.1, 0.15) is 4.21 Å². The summed E-state index contributed by atoms with van der Waals surface area (Å²) in [5.74, 6) is 0. The monoisotopic (exact) mass is 557 g/mol. The molecule has 4 rings (SSSR count). The van der Waals surface area contributed by atoms with Crippen molar-refractivity contribution < 1.29 is 26.7 Å². The summed E-state index contributed by atoms with van der Waals surface area (Å²) in [5.41, 5.74) is -1.70. The Hall–Kier alpha value is -2.45. The quantitative estimate of drug-likeness (QED) is 0.458. The molecule has 3 heterocycles. The fourth-order valence-corrected chi connectivity index (χ4v) is 7.08. The van der Waals surface area contributed by atoms with E-state index < -0.39 is 21.8 Å². The van der Waals surface area contributed by atoms with Crippen molar-refractivity contribution in [1.82, 2.24) is 18.8 Å². The van der Waals surface area contributed by atoms with Gasteiger partial charge >= 0.3 is 6.18 Å². The number of alkyl halides is 3. The first-order valence-electron chi connectivity index (χ1n) is 11.6. The lowest BCUT2D eigenvalue weighted by Gasteiger charge is -2.43. The third-order valence-corrected chi connectivity index (χ3v) is 9.80. The Kier molecular flexibility index (Phi) is 7.73. The second kappa shape index (κ2) is 10.4. The molecule has 2 atom stereocenters. The smallest absolute Gasteiger partial charge is 0.376 e. The van der Waals surface area contributed by atoms with Crippen molar-refractivity contribution in [1.29, 1.82) is 0 Å². The van der Waals surface area contributed by atoms with Crippen LogP contribution in [0.4, 0.5) is 18.9 Å². The van der Waals surface area contributed by atoms with Crippen LogP contribution in [0.2, 0.25) is 0 Å². The molecule has 13 heteroatoms. The number of aryl methyl sites for hydroxylation is 1. The van der Waals surface area contributed by atoms with Gasteiger partial charge in [-0.2, -0.15) is 17.5 Å². The van der Waals surface area contributed by atoms with E-state index in [1.54, 1.807) is 36.0 Å². The van der Waals surface area contributed by atoms with Crippen LogP contribution < -0.4 is 4.90 Å². The van der Waals surface area contributed by atoms with Gasteiger partial charge in [-0.15, -0.1) is 11.3 Å². The minimum Gasteiger partial charge on any atom is -0.376 e. The Morgan fingerprint density at radius 2 is 1.89 bits per heavy atom. The van der Waals surface area contributed by atoms with Gasteiger partial charge in [-0.05, 0) is 43.1 Å². The van der Waals surface area contributed by atoms with Crippen LogP contribution >= 0.6 is 11.3 Å². The van der Waals surface area contributed by atoms with E-state index in [9.17, 15) is 26.7 Å². The van der Waals surface area contributed by atoms with Gasteiger partial charge in [0.15, 0.2) is 5.60 Å². The Morgan fingerprint density at radius 3 is 2.46 bits per heavy atom. The van der Waals surface area contributed by atoms with E-state index in [-0.39, 0.29) is 28.9 Å². The maximum atomic E-state index is 13.3. The van der Waals surface area contributed by atoms with Crippen molar-refractivity contribution in [2.75, 3.05) is 38.1 Å². The molecule has 1 aromatic carbocycles. The summed E-state index contributed by atoms with van der Waals surface area (Å²) < 4.78 is 69.9. The summed E-state index contributed by atoms with van der Waals surface area (Å²) in [5, 5.41) is 11.7. The van der Waals surface area contributed by atoms with Gasteiger partial charge in [-0.1, -0.05) is 18.2 Å². The molecule has 2 aromatic heterocycles. The molecule has 0 saturated carbocycles. The largest absolute Gasteiger partial charge is 0.421 e. The molecule has 0 radical (unpaired) electrons. The average molecular weight is 558 g/mol. The molecule has 0 unspecified atom stereocenters. The van der Waals surface area contributed by atoms with E-state index in [2.05, 4.69) is 4.98 Å². The normalized spacial score (nSPS) is 19.4. The molecule has 8 nitrogen and oxygen atoms in total. The summed E-state index contributed by atoms with van der Waals surface area (Å²) in [7, 11) is 0.143. The number of anilines is 1. The summed E-state index contributed by atoms with van der Waals surface area (Å²) >= 11 is 1.17. The molecular weight excluding hydrogens is 527 g/mol. The van der Waals surface area contributed by atoms with Crippen LogP contribution in [0.3, 0.4) is 0 Å². The van der Waals surface area contributed by atoms with Crippen LogP contribution in [-0.2, 0) is 29.2 Å². The number of likely N-dealkylation sites (N-methyl/N-ethyl adjacent to an activating group) is 1. The highest BCUT2D eigenvalue weighted by atomic mass is 32.2. The minimum atomic E-state index is -4.81. The lowest BCUT2D eigenvalue weighted by atomic mass is 9.95. The third-order valence-electron chi connectivity index (χ3n) is 6.56. The Morgan fingerprint density at radius 1 is 1.19 bits per heavy atom. The number of piperazine rings is 1. The fraction of sp³-hybridized carbons (Fsp3) is 0.458. The molecule has 1 fully saturated rings. The van der Waals surface area contributed by atoms with Crippen LogP contribution in [0.5, 0.6) is 0 Å². The Balaban J connectivity index is 1.58. The van der Waals surface area contributed by atoms with Crippen LogP contribution in [0, 0.1) is 0 Å². The lowest BCUT2D eigenvalue weighted by molar-refractivity contribution is -0.258. The van der Waals surface area contributed by atoms with Gasteiger partial charge in [-0.25, -0.2) is 13.4 Å². The minimum absolute atomic E-state index is 0.217. The number of sulfonamides is 1. The van der Waals surface area contributed by atoms with Gasteiger partial charge in [0.2, 0.25) is 0 Å². The number of nitrogens with zero attached hydrogens (tertiary/aromatic N) is 5. The second-order valence-corrected chi connectivity index (χ2v) is 12.6. The molecule has 37 heavy (non-hydrogen) atoms. The number of imidazole rings is 1. The van der Waals surface area contributed by atoms with Gasteiger partial charge in [0, 0.05) is 51.7 Å². The van der Waals surface area contributed by atoms with Crippen LogP contribution in [-0.4, -0.2) is 77.7 Å². The maximum Gasteiger partial charge on any atom is 0.421 e. The number of aromatic nitrogens is 2. The Labute approximate surface area is 218 Å². The van der Waals surface area contributed by atoms with Crippen LogP contribution in [0.15, 0.2) is 58.5 Å². The highest BCUT2D eigenvalue weighted by Crippen LogP contribution is 2.39. The number of rotatable bonds is 8. The average Bonchev–Trinajstić information content (AvgIpc) is 3.51. The second-order valence-electron chi connectivity index (χ2n) is 9.49. The highest BCUT2D eigenvalue weighted by molar-refractivity contribution is 7.91. The van der Waals surface area contributed by atoms with E-state index in [0.29, 0.717) is 25.3 Å². The van der Waals surface area contributed by atoms with Gasteiger partial charge < -0.3 is 14.6 Å². The number of halogens is 3. The third kappa shape index (κ3) is 5.85. The van der Waals surface area contributed by atoms with E-state index in [4.69, 9.17) is 0 Å². The molecular formula is C24H30F3N5O3S2. The van der Waals surface area contributed by atoms with E-state index in [1.807, 2.05) is 34.7 Å². The summed E-state index contributed by atoms with van der Waals surface area (Å²) in [6.07, 6.45) is -1.19. The first-order chi connectivity index (χ1) is 17.3. The predicted molar refractivity (Wildman–Crippen MR) is 136 cm³/mol. The molecule has 1 saturated heterocycles. The molecule has 3 aromatic rings. The number of hydrogen-bond acceptors (Lipinski definition) is 7. The topological polar surface area (TPSA) is 81.9 Å². The van der Waals surface area contributed by atoms with Crippen LogP contribution in [0.25, 0.3) is 0 Å². The molecule has 1 aliphatic heterocycles. The van der Waals surface area contributed by atoms with Crippen molar-refractivity contribution in [3.63, 3.8) is 0 Å². The highest BCUT2D eigenvalue weighted by Gasteiger charge is 2.51. The summed E-state index contributed by atoms with van der Waals surface area (Å²) in [6.45, 7) is 2.59. The molecule has 1 aliphatic rings. The van der Waals surface area contributed by atoms with E-state index in [0.717, 1.165) is 12.6 Å². The van der Waals surface area contributed by atoms with E-state index >= 15 is 0 Å². The molecule has 0 spiro atoms. The maximum absolute atomic E-state index is 13.3. The zero-order valence-corrected chi connectivity index (χ0v) is 22.4. The molecule has 202 valence electrons. The van der Waals surface area contributed by atoms with E-state index in [1.165, 1.54) is 27.8 Å². The summed E-state index contributed by atoms with van der Waals surface area (Å²) in [4.78, 5) is 8.41. The fourth-order valence-electron chi connectivity index (χ4n) is 4.47. The number of thiophene rings is 1. The zero-order valence-electron chi connectivity index (χ0n) is 20.8. The number of hydrogen-bond donors (Lipinski definition) is 1. The van der Waals surface area contributed by atoms with Crippen molar-refractivity contribution in [3.8, 4) is 0 Å². The summed E-state index contributed by atoms with van der Waals surface area (Å²) in [6, 6.07) is 8.64. The predicted octanol–water partition coefficient (Wildman–Crippen LogP) is 3.26. The SMILES string of the molecule is CN(Cc1cn(C)cn1)C[C@H]1CN(S(=O)(=O)c2cccs2)CCN1c1ccc([C@@](C)(O)C(F)(F)F)cc1. The first kappa shape index (κ1) is 27.6. The standard InChI is InChI=1S/C24H30F3N5O3S2/c1-23(33,24(25,26)27)18-6-8-20(9-7-18)32-11-10-31(37(34,35)22-5-4-12-36-22)16-21(32)15-29(2)13-19-14-30(3)17-28-19/h4-9,12,14,17,21,33H,10-11,13,15-16H2,1-3H3/t21-,23+/m0/s1. The molecule has 1 N–H and O–H groups in total. The lowest BCUT2D eigenvalue weighted by Crippen LogP contribution is -2.58. The number of benzene rings is 1. The van der Waals surface area contributed by atoms with Gasteiger partial charge in [0.05, 0.1) is 18.1 Å². The Bertz CT molecular complexity index is 1290. The first-order valence-corrected chi connectivity index (χ1v) is 14.0. The van der Waals surface area contributed by atoms with Crippen molar-refractivity contribution in [3.05, 3.63) is 65.6 Å².